The Morgan fingerprint density at radius 3 is 2.92 bits per heavy atom. The number of phenolic OH excluding ortho intramolecular Hbond substituents is 1. The molecule has 1 aromatic carbocycles. The number of aromatic hydroxyl groups is 1. The third-order valence-corrected chi connectivity index (χ3v) is 1.95. The van der Waals surface area contributed by atoms with Crippen LogP contribution in [-0.2, 0) is 6.67 Å². The number of fused-ring (bicyclic) bond motifs is 1. The number of benzene rings is 1. The fourth-order valence-electron chi connectivity index (χ4n) is 1.33. The van der Waals surface area contributed by atoms with Gasteiger partial charge in [0.05, 0.1) is 12.2 Å². The summed E-state index contributed by atoms with van der Waals surface area (Å²) in [6, 6.07) is 7.23. The number of nitrogens with two attached hydrogens (primary N) is 1. The first-order valence-electron chi connectivity index (χ1n) is 3.79. The minimum absolute atomic E-state index is 0.274. The van der Waals surface area contributed by atoms with Crippen LogP contribution in [0.4, 0.5) is 0 Å². The molecule has 3 N–H and O–H groups in total. The summed E-state index contributed by atoms with van der Waals surface area (Å²) < 4.78 is 1.88. The molecule has 0 unspecified atom stereocenters. The van der Waals surface area contributed by atoms with Crippen molar-refractivity contribution in [3.63, 3.8) is 0 Å². The van der Waals surface area contributed by atoms with E-state index < -0.39 is 0 Å². The summed E-state index contributed by atoms with van der Waals surface area (Å²) in [6.07, 6.45) is 1.91. The lowest BCUT2D eigenvalue weighted by molar-refractivity contribution is 0.476. The van der Waals surface area contributed by atoms with Gasteiger partial charge in [0.2, 0.25) is 0 Å². The molecule has 0 aliphatic heterocycles. The molecule has 0 spiro atoms. The minimum Gasteiger partial charge on any atom is -0.508 e. The number of hydrogen-bond donors (Lipinski definition) is 2. The Bertz CT molecular complexity index is 406. The van der Waals surface area contributed by atoms with Crippen LogP contribution in [0.2, 0.25) is 0 Å². The minimum atomic E-state index is 0.274. The Balaban J connectivity index is 2.75. The van der Waals surface area contributed by atoms with Crippen molar-refractivity contribution in [3.05, 3.63) is 30.5 Å². The topological polar surface area (TPSA) is 51.2 Å². The lowest BCUT2D eigenvalue weighted by Crippen LogP contribution is -2.04. The number of hydrogen-bond acceptors (Lipinski definition) is 2. The monoisotopic (exact) mass is 162 g/mol. The fourth-order valence-corrected chi connectivity index (χ4v) is 1.33. The van der Waals surface area contributed by atoms with Gasteiger partial charge < -0.3 is 15.4 Å². The smallest absolute Gasteiger partial charge is 0.117 e. The Hall–Kier alpha value is -1.48. The second-order valence-electron chi connectivity index (χ2n) is 2.71. The van der Waals surface area contributed by atoms with Gasteiger partial charge in [0, 0.05) is 12.3 Å². The van der Waals surface area contributed by atoms with Crippen molar-refractivity contribution in [2.45, 2.75) is 6.67 Å². The predicted octanol–water partition coefficient (Wildman–Crippen LogP) is 1.26. The van der Waals surface area contributed by atoms with Gasteiger partial charge in [0.25, 0.3) is 0 Å². The van der Waals surface area contributed by atoms with Crippen LogP contribution in [0.5, 0.6) is 5.75 Å². The molecule has 2 aromatic rings. The highest BCUT2D eigenvalue weighted by molar-refractivity contribution is 5.81. The number of aromatic nitrogens is 1. The summed E-state index contributed by atoms with van der Waals surface area (Å²) in [5.74, 6) is 0.274. The van der Waals surface area contributed by atoms with Gasteiger partial charge in [-0.2, -0.15) is 0 Å². The quantitative estimate of drug-likeness (QED) is 0.663. The molecule has 12 heavy (non-hydrogen) atoms. The Labute approximate surface area is 70.0 Å². The highest BCUT2D eigenvalue weighted by atomic mass is 16.3. The van der Waals surface area contributed by atoms with Gasteiger partial charge in [-0.05, 0) is 23.6 Å². The molecule has 0 fully saturated rings. The molecular formula is C9H10N2O. The van der Waals surface area contributed by atoms with E-state index in [1.165, 1.54) is 0 Å². The molecule has 3 nitrogen and oxygen atoms in total. The van der Waals surface area contributed by atoms with Crippen molar-refractivity contribution in [2.24, 2.45) is 5.73 Å². The van der Waals surface area contributed by atoms with Crippen molar-refractivity contribution >= 4 is 10.9 Å². The summed E-state index contributed by atoms with van der Waals surface area (Å²) in [7, 11) is 0. The Morgan fingerprint density at radius 2 is 2.17 bits per heavy atom. The van der Waals surface area contributed by atoms with Crippen LogP contribution in [-0.4, -0.2) is 9.67 Å². The maximum Gasteiger partial charge on any atom is 0.117 e. The second-order valence-corrected chi connectivity index (χ2v) is 2.71. The number of nitrogens with zero attached hydrogens (tertiary/aromatic N) is 1. The molecule has 0 saturated heterocycles. The van der Waals surface area contributed by atoms with Crippen molar-refractivity contribution in [2.75, 3.05) is 0 Å². The third-order valence-electron chi connectivity index (χ3n) is 1.95. The fraction of sp³-hybridized carbons (Fsp3) is 0.111. The SMILES string of the molecule is NCn1ccc2ccc(O)cc21. The standard InChI is InChI=1S/C9H10N2O/c10-6-11-4-3-7-1-2-8(12)5-9(7)11/h1-5,12H,6,10H2. The largest absolute Gasteiger partial charge is 0.508 e. The molecule has 0 aliphatic carbocycles. The molecule has 0 saturated carbocycles. The van der Waals surface area contributed by atoms with E-state index in [2.05, 4.69) is 0 Å². The number of phenols is 1. The van der Waals surface area contributed by atoms with E-state index in [0.29, 0.717) is 6.67 Å². The van der Waals surface area contributed by atoms with Gasteiger partial charge in [-0.25, -0.2) is 0 Å². The normalized spacial score (nSPS) is 10.8. The highest BCUT2D eigenvalue weighted by Gasteiger charge is 1.99. The average Bonchev–Trinajstić information content (AvgIpc) is 2.46. The zero-order valence-electron chi connectivity index (χ0n) is 6.57. The molecule has 3 heteroatoms. The zero-order valence-corrected chi connectivity index (χ0v) is 6.57. The molecule has 0 amide bonds. The van der Waals surface area contributed by atoms with Crippen molar-refractivity contribution in [1.82, 2.24) is 4.57 Å². The third kappa shape index (κ3) is 0.950. The van der Waals surface area contributed by atoms with E-state index in [0.717, 1.165) is 10.9 Å². The molecule has 0 radical (unpaired) electrons. The molecule has 1 heterocycles. The molecule has 0 bridgehead atoms. The molecule has 0 atom stereocenters. The second kappa shape index (κ2) is 2.53. The molecular weight excluding hydrogens is 152 g/mol. The van der Waals surface area contributed by atoms with Crippen LogP contribution >= 0.6 is 0 Å². The molecule has 2 rings (SSSR count). The van der Waals surface area contributed by atoms with Crippen LogP contribution in [0, 0.1) is 0 Å². The lowest BCUT2D eigenvalue weighted by Gasteiger charge is -1.99. The van der Waals surface area contributed by atoms with Crippen molar-refractivity contribution < 1.29 is 5.11 Å². The first-order chi connectivity index (χ1) is 5.81. The molecule has 1 aromatic heterocycles. The predicted molar refractivity (Wildman–Crippen MR) is 47.8 cm³/mol. The maximum absolute atomic E-state index is 9.21. The first kappa shape index (κ1) is 7.18. The van der Waals surface area contributed by atoms with Crippen LogP contribution in [0.3, 0.4) is 0 Å². The van der Waals surface area contributed by atoms with E-state index in [-0.39, 0.29) is 5.75 Å². The maximum atomic E-state index is 9.21. The Morgan fingerprint density at radius 1 is 1.33 bits per heavy atom. The summed E-state index contributed by atoms with van der Waals surface area (Å²) in [6.45, 7) is 0.437. The van der Waals surface area contributed by atoms with Crippen molar-refractivity contribution in [1.29, 1.82) is 0 Å². The molecule has 62 valence electrons. The number of rotatable bonds is 1. The van der Waals surface area contributed by atoms with Gasteiger partial charge in [-0.1, -0.05) is 0 Å². The summed E-state index contributed by atoms with van der Waals surface area (Å²) >= 11 is 0. The first-order valence-corrected chi connectivity index (χ1v) is 3.79. The summed E-state index contributed by atoms with van der Waals surface area (Å²) in [5.41, 5.74) is 6.46. The van der Waals surface area contributed by atoms with Gasteiger partial charge >= 0.3 is 0 Å². The van der Waals surface area contributed by atoms with Crippen LogP contribution in [0.1, 0.15) is 0 Å². The summed E-state index contributed by atoms with van der Waals surface area (Å²) in [5, 5.41) is 10.3. The highest BCUT2D eigenvalue weighted by Crippen LogP contribution is 2.20. The summed E-state index contributed by atoms with van der Waals surface area (Å²) in [4.78, 5) is 0. The van der Waals surface area contributed by atoms with Crippen LogP contribution in [0.25, 0.3) is 10.9 Å². The van der Waals surface area contributed by atoms with Crippen molar-refractivity contribution in [3.8, 4) is 5.75 Å². The lowest BCUT2D eigenvalue weighted by atomic mass is 10.2. The van der Waals surface area contributed by atoms with E-state index in [9.17, 15) is 5.11 Å². The van der Waals surface area contributed by atoms with Gasteiger partial charge in [0.1, 0.15) is 5.75 Å². The van der Waals surface area contributed by atoms with E-state index in [1.54, 1.807) is 12.1 Å². The van der Waals surface area contributed by atoms with E-state index in [1.807, 2.05) is 22.9 Å². The van der Waals surface area contributed by atoms with Gasteiger partial charge in [-0.15, -0.1) is 0 Å². The Kier molecular flexibility index (Phi) is 1.52. The molecule has 0 aliphatic rings. The van der Waals surface area contributed by atoms with Gasteiger partial charge in [-0.3, -0.25) is 0 Å². The van der Waals surface area contributed by atoms with E-state index in [4.69, 9.17) is 5.73 Å². The average molecular weight is 162 g/mol. The van der Waals surface area contributed by atoms with E-state index >= 15 is 0 Å². The zero-order chi connectivity index (χ0) is 8.55. The van der Waals surface area contributed by atoms with Gasteiger partial charge in [0.15, 0.2) is 0 Å². The van der Waals surface area contributed by atoms with Crippen LogP contribution in [0.15, 0.2) is 30.5 Å². The van der Waals surface area contributed by atoms with Crippen LogP contribution < -0.4 is 5.73 Å².